The summed E-state index contributed by atoms with van der Waals surface area (Å²) in [5.74, 6) is 0. The van der Waals surface area contributed by atoms with E-state index in [0.717, 1.165) is 22.3 Å². The van der Waals surface area contributed by atoms with Crippen LogP contribution in [0.25, 0.3) is 10.9 Å². The number of carbonyl (C=O) groups excluding carboxylic acids is 1. The molecule has 2 rings (SSSR count). The van der Waals surface area contributed by atoms with Gasteiger partial charge in [-0.2, -0.15) is 0 Å². The number of fused-ring (bicyclic) bond motifs is 1. The third-order valence-electron chi connectivity index (χ3n) is 2.58. The Kier molecular flexibility index (Phi) is 3.62. The molecule has 2 aromatic rings. The van der Waals surface area contributed by atoms with Crippen molar-refractivity contribution in [2.45, 2.75) is 6.92 Å². The fourth-order valence-electron chi connectivity index (χ4n) is 1.84. The molecule has 0 fully saturated rings. The van der Waals surface area contributed by atoms with Gasteiger partial charge in [0.2, 0.25) is 0 Å². The van der Waals surface area contributed by atoms with Gasteiger partial charge in [0.05, 0.1) is 5.52 Å². The number of carbonyl (C=O) groups is 1. The summed E-state index contributed by atoms with van der Waals surface area (Å²) in [4.78, 5) is 15.0. The Labute approximate surface area is 105 Å². The predicted molar refractivity (Wildman–Crippen MR) is 72.6 cm³/mol. The Bertz CT molecular complexity index is 568. The van der Waals surface area contributed by atoms with Crippen molar-refractivity contribution in [3.05, 3.63) is 36.0 Å². The molecule has 1 heterocycles. The summed E-state index contributed by atoms with van der Waals surface area (Å²) in [6, 6.07) is 9.43. The second kappa shape index (κ2) is 5.35. The molecular formula is C13H16N4O. The molecule has 0 radical (unpaired) electrons. The number of pyridine rings is 1. The molecule has 0 spiro atoms. The highest BCUT2D eigenvalue weighted by Gasteiger charge is 2.02. The number of nitrogens with zero attached hydrogens (tertiary/aromatic N) is 1. The molecule has 0 bridgehead atoms. The van der Waals surface area contributed by atoms with Gasteiger partial charge in [0, 0.05) is 29.9 Å². The number of urea groups is 1. The number of hydrogen-bond acceptors (Lipinski definition) is 3. The molecule has 0 aliphatic carbocycles. The van der Waals surface area contributed by atoms with E-state index in [9.17, 15) is 4.79 Å². The normalized spacial score (nSPS) is 10.3. The van der Waals surface area contributed by atoms with E-state index in [1.165, 1.54) is 0 Å². The van der Waals surface area contributed by atoms with Gasteiger partial charge >= 0.3 is 6.03 Å². The topological polar surface area (TPSA) is 80.0 Å². The maximum Gasteiger partial charge on any atom is 0.312 e. The van der Waals surface area contributed by atoms with Crippen LogP contribution < -0.4 is 16.4 Å². The third kappa shape index (κ3) is 2.88. The summed E-state index contributed by atoms with van der Waals surface area (Å²) < 4.78 is 0. The van der Waals surface area contributed by atoms with Crippen LogP contribution in [0.2, 0.25) is 0 Å². The fraction of sp³-hybridized carbons (Fsp3) is 0.231. The second-order valence-electron chi connectivity index (χ2n) is 4.05. The summed E-state index contributed by atoms with van der Waals surface area (Å²) in [5.41, 5.74) is 7.94. The van der Waals surface area contributed by atoms with Crippen LogP contribution in [0.3, 0.4) is 0 Å². The monoisotopic (exact) mass is 244 g/mol. The van der Waals surface area contributed by atoms with Crippen LogP contribution in [0.1, 0.15) is 5.69 Å². The molecule has 94 valence electrons. The van der Waals surface area contributed by atoms with E-state index in [-0.39, 0.29) is 0 Å². The molecule has 0 aliphatic heterocycles. The van der Waals surface area contributed by atoms with Crippen LogP contribution in [0.5, 0.6) is 0 Å². The number of rotatable bonds is 4. The lowest BCUT2D eigenvalue weighted by Crippen LogP contribution is -2.33. The van der Waals surface area contributed by atoms with Gasteiger partial charge in [0.1, 0.15) is 0 Å². The molecule has 4 N–H and O–H groups in total. The SMILES string of the molecule is Cc1cc(NCCNC(N)=O)c2ccccc2n1. The zero-order chi connectivity index (χ0) is 13.0. The van der Waals surface area contributed by atoms with Crippen molar-refractivity contribution in [2.75, 3.05) is 18.4 Å². The van der Waals surface area contributed by atoms with Crippen molar-refractivity contribution in [1.29, 1.82) is 0 Å². The molecule has 0 atom stereocenters. The van der Waals surface area contributed by atoms with E-state index in [1.807, 2.05) is 37.3 Å². The zero-order valence-corrected chi connectivity index (χ0v) is 10.2. The van der Waals surface area contributed by atoms with Crippen LogP contribution in [-0.2, 0) is 0 Å². The lowest BCUT2D eigenvalue weighted by molar-refractivity contribution is 0.249. The number of nitrogens with two attached hydrogens (primary N) is 1. The lowest BCUT2D eigenvalue weighted by atomic mass is 10.1. The van der Waals surface area contributed by atoms with Crippen molar-refractivity contribution >= 4 is 22.6 Å². The first-order valence-corrected chi connectivity index (χ1v) is 5.80. The summed E-state index contributed by atoms with van der Waals surface area (Å²) in [5, 5.41) is 6.88. The molecule has 0 unspecified atom stereocenters. The van der Waals surface area contributed by atoms with Crippen molar-refractivity contribution in [3.63, 3.8) is 0 Å². The standard InChI is InChI=1S/C13H16N4O/c1-9-8-12(15-6-7-16-13(14)18)10-4-2-3-5-11(10)17-9/h2-5,8H,6-7H2,1H3,(H,15,17)(H3,14,16,18). The molecule has 18 heavy (non-hydrogen) atoms. The van der Waals surface area contributed by atoms with Gasteiger partial charge in [-0.3, -0.25) is 4.98 Å². The average Bonchev–Trinajstić information content (AvgIpc) is 2.34. The Morgan fingerprint density at radius 1 is 1.33 bits per heavy atom. The van der Waals surface area contributed by atoms with Gasteiger partial charge in [-0.1, -0.05) is 18.2 Å². The van der Waals surface area contributed by atoms with Gasteiger partial charge < -0.3 is 16.4 Å². The molecule has 0 aliphatic rings. The Morgan fingerprint density at radius 2 is 2.11 bits per heavy atom. The van der Waals surface area contributed by atoms with Crippen LogP contribution in [0, 0.1) is 6.92 Å². The number of aromatic nitrogens is 1. The minimum Gasteiger partial charge on any atom is -0.383 e. The van der Waals surface area contributed by atoms with Crippen LogP contribution in [-0.4, -0.2) is 24.1 Å². The summed E-state index contributed by atoms with van der Waals surface area (Å²) >= 11 is 0. The number of aryl methyl sites for hydroxylation is 1. The van der Waals surface area contributed by atoms with Gasteiger partial charge in [-0.15, -0.1) is 0 Å². The van der Waals surface area contributed by atoms with Gasteiger partial charge in [0.15, 0.2) is 0 Å². The van der Waals surface area contributed by atoms with Gasteiger partial charge in [-0.05, 0) is 19.1 Å². The molecule has 5 heteroatoms. The number of anilines is 1. The fourth-order valence-corrected chi connectivity index (χ4v) is 1.84. The molecule has 1 aromatic heterocycles. The maximum atomic E-state index is 10.6. The Hall–Kier alpha value is -2.30. The number of para-hydroxylation sites is 1. The number of primary amides is 1. The van der Waals surface area contributed by atoms with E-state index in [2.05, 4.69) is 15.6 Å². The van der Waals surface area contributed by atoms with E-state index in [4.69, 9.17) is 5.73 Å². The van der Waals surface area contributed by atoms with Crippen LogP contribution in [0.15, 0.2) is 30.3 Å². The van der Waals surface area contributed by atoms with Crippen molar-refractivity contribution in [1.82, 2.24) is 10.3 Å². The second-order valence-corrected chi connectivity index (χ2v) is 4.05. The van der Waals surface area contributed by atoms with Gasteiger partial charge in [0.25, 0.3) is 0 Å². The van der Waals surface area contributed by atoms with E-state index in [0.29, 0.717) is 13.1 Å². The molecule has 5 nitrogen and oxygen atoms in total. The average molecular weight is 244 g/mol. The van der Waals surface area contributed by atoms with Crippen LogP contribution >= 0.6 is 0 Å². The smallest absolute Gasteiger partial charge is 0.312 e. The highest BCUT2D eigenvalue weighted by Crippen LogP contribution is 2.22. The number of benzene rings is 1. The first-order valence-electron chi connectivity index (χ1n) is 5.80. The van der Waals surface area contributed by atoms with Crippen LogP contribution in [0.4, 0.5) is 10.5 Å². The molecule has 2 amide bonds. The number of amides is 2. The van der Waals surface area contributed by atoms with Gasteiger partial charge in [-0.25, -0.2) is 4.79 Å². The van der Waals surface area contributed by atoms with E-state index < -0.39 is 6.03 Å². The van der Waals surface area contributed by atoms with Crippen molar-refractivity contribution in [3.8, 4) is 0 Å². The largest absolute Gasteiger partial charge is 0.383 e. The summed E-state index contributed by atoms with van der Waals surface area (Å²) in [6.07, 6.45) is 0. The molecule has 0 saturated carbocycles. The number of hydrogen-bond donors (Lipinski definition) is 3. The minimum absolute atomic E-state index is 0.491. The molecule has 1 aromatic carbocycles. The predicted octanol–water partition coefficient (Wildman–Crippen LogP) is 1.62. The Morgan fingerprint density at radius 3 is 2.89 bits per heavy atom. The van der Waals surface area contributed by atoms with Crippen molar-refractivity contribution < 1.29 is 4.79 Å². The summed E-state index contributed by atoms with van der Waals surface area (Å²) in [6.45, 7) is 3.07. The van der Waals surface area contributed by atoms with E-state index in [1.54, 1.807) is 0 Å². The summed E-state index contributed by atoms with van der Waals surface area (Å²) in [7, 11) is 0. The number of nitrogens with one attached hydrogen (secondary N) is 2. The Balaban J connectivity index is 2.14. The first kappa shape index (κ1) is 12.2. The zero-order valence-electron chi connectivity index (χ0n) is 10.2. The lowest BCUT2D eigenvalue weighted by Gasteiger charge is -2.10. The maximum absolute atomic E-state index is 10.6. The van der Waals surface area contributed by atoms with E-state index >= 15 is 0 Å². The minimum atomic E-state index is -0.507. The molecule has 0 saturated heterocycles. The molecular weight excluding hydrogens is 228 g/mol. The highest BCUT2D eigenvalue weighted by molar-refractivity contribution is 5.91. The highest BCUT2D eigenvalue weighted by atomic mass is 16.2. The van der Waals surface area contributed by atoms with Crippen molar-refractivity contribution in [2.24, 2.45) is 5.73 Å². The quantitative estimate of drug-likeness (QED) is 0.715. The first-order chi connectivity index (χ1) is 8.66. The third-order valence-corrected chi connectivity index (χ3v) is 2.58.